The minimum atomic E-state index is -0.519. The van der Waals surface area contributed by atoms with Crippen LogP contribution in [0, 0.1) is 0 Å². The number of methoxy groups -OCH3 is 1. The smallest absolute Gasteiger partial charge is 0.255 e. The fraction of sp³-hybridized carbons (Fsp3) is 0.500. The van der Waals surface area contributed by atoms with Crippen molar-refractivity contribution < 1.29 is 19.0 Å². The second-order valence-corrected chi connectivity index (χ2v) is 4.10. The second-order valence-electron chi connectivity index (χ2n) is 4.10. The molecule has 20 heavy (non-hydrogen) atoms. The minimum Gasteiger partial charge on any atom is -0.490 e. The summed E-state index contributed by atoms with van der Waals surface area (Å²) in [5.41, 5.74) is 6.03. The second kappa shape index (κ2) is 9.17. The Kier molecular flexibility index (Phi) is 7.46. The molecule has 1 aromatic carbocycles. The van der Waals surface area contributed by atoms with E-state index in [4.69, 9.17) is 19.9 Å². The van der Waals surface area contributed by atoms with Crippen molar-refractivity contribution in [3.05, 3.63) is 23.8 Å². The van der Waals surface area contributed by atoms with Crippen LogP contribution in [0.4, 0.5) is 0 Å². The highest BCUT2D eigenvalue weighted by atomic mass is 16.5. The summed E-state index contributed by atoms with van der Waals surface area (Å²) >= 11 is 0. The summed E-state index contributed by atoms with van der Waals surface area (Å²) in [6.45, 7) is 4.19. The molecule has 0 aliphatic carbocycles. The molecular formula is C14H22N2O4. The fourth-order valence-corrected chi connectivity index (χ4v) is 1.67. The first-order chi connectivity index (χ1) is 9.69. The number of hydrogen-bond acceptors (Lipinski definition) is 5. The zero-order valence-corrected chi connectivity index (χ0v) is 12.0. The third-order valence-electron chi connectivity index (χ3n) is 2.52. The van der Waals surface area contributed by atoms with E-state index in [1.165, 1.54) is 0 Å². The van der Waals surface area contributed by atoms with Crippen LogP contribution in [0.25, 0.3) is 0 Å². The molecule has 0 unspecified atom stereocenters. The van der Waals surface area contributed by atoms with E-state index in [0.717, 1.165) is 12.1 Å². The highest BCUT2D eigenvalue weighted by Crippen LogP contribution is 2.31. The van der Waals surface area contributed by atoms with E-state index < -0.39 is 5.91 Å². The van der Waals surface area contributed by atoms with Gasteiger partial charge in [0.15, 0.2) is 18.1 Å². The summed E-state index contributed by atoms with van der Waals surface area (Å²) in [6.07, 6.45) is 0. The van der Waals surface area contributed by atoms with Gasteiger partial charge in [0.05, 0.1) is 13.2 Å². The molecule has 0 fully saturated rings. The van der Waals surface area contributed by atoms with Crippen molar-refractivity contribution in [2.45, 2.75) is 13.5 Å². The zero-order valence-electron chi connectivity index (χ0n) is 12.0. The van der Waals surface area contributed by atoms with Gasteiger partial charge >= 0.3 is 0 Å². The van der Waals surface area contributed by atoms with Crippen LogP contribution in [0.5, 0.6) is 11.5 Å². The largest absolute Gasteiger partial charge is 0.490 e. The van der Waals surface area contributed by atoms with E-state index in [1.54, 1.807) is 13.2 Å². The Balaban J connectivity index is 2.78. The molecule has 1 aromatic rings. The van der Waals surface area contributed by atoms with Crippen LogP contribution in [0.15, 0.2) is 18.2 Å². The third-order valence-corrected chi connectivity index (χ3v) is 2.52. The van der Waals surface area contributed by atoms with Gasteiger partial charge in [-0.25, -0.2) is 0 Å². The van der Waals surface area contributed by atoms with E-state index in [9.17, 15) is 4.79 Å². The Morgan fingerprint density at radius 2 is 2.15 bits per heavy atom. The van der Waals surface area contributed by atoms with Crippen LogP contribution in [-0.4, -0.2) is 39.4 Å². The van der Waals surface area contributed by atoms with Crippen LogP contribution >= 0.6 is 0 Å². The summed E-state index contributed by atoms with van der Waals surface area (Å²) in [7, 11) is 1.65. The van der Waals surface area contributed by atoms with Crippen molar-refractivity contribution in [1.82, 2.24) is 5.32 Å². The van der Waals surface area contributed by atoms with Gasteiger partial charge in [0.2, 0.25) is 0 Å². The molecule has 1 rings (SSSR count). The van der Waals surface area contributed by atoms with Gasteiger partial charge in [-0.1, -0.05) is 12.1 Å². The van der Waals surface area contributed by atoms with Gasteiger partial charge in [0.1, 0.15) is 0 Å². The predicted octanol–water partition coefficient (Wildman–Crippen LogP) is 0.685. The molecule has 1 amide bonds. The van der Waals surface area contributed by atoms with Crippen molar-refractivity contribution in [3.63, 3.8) is 0 Å². The topological polar surface area (TPSA) is 82.8 Å². The Bertz CT molecular complexity index is 424. The number of carbonyl (C=O) groups excluding carboxylic acids is 1. The van der Waals surface area contributed by atoms with Crippen LogP contribution in [-0.2, 0) is 16.1 Å². The number of para-hydroxylation sites is 1. The Hall–Kier alpha value is -1.79. The Morgan fingerprint density at radius 3 is 2.80 bits per heavy atom. The summed E-state index contributed by atoms with van der Waals surface area (Å²) in [5.74, 6) is 0.646. The molecule has 0 heterocycles. The summed E-state index contributed by atoms with van der Waals surface area (Å²) < 4.78 is 15.9. The Labute approximate surface area is 119 Å². The van der Waals surface area contributed by atoms with Gasteiger partial charge in [-0.3, -0.25) is 4.79 Å². The lowest BCUT2D eigenvalue weighted by Gasteiger charge is -2.15. The molecule has 6 nitrogen and oxygen atoms in total. The van der Waals surface area contributed by atoms with Crippen molar-refractivity contribution >= 4 is 5.91 Å². The quantitative estimate of drug-likeness (QED) is 0.617. The maximum atomic E-state index is 10.9. The molecule has 0 saturated carbocycles. The number of ether oxygens (including phenoxy) is 3. The molecule has 6 heteroatoms. The van der Waals surface area contributed by atoms with Crippen molar-refractivity contribution in [2.75, 3.05) is 33.5 Å². The highest BCUT2D eigenvalue weighted by molar-refractivity contribution is 5.75. The molecule has 0 aliphatic heterocycles. The molecule has 0 spiro atoms. The van der Waals surface area contributed by atoms with E-state index >= 15 is 0 Å². The lowest BCUT2D eigenvalue weighted by atomic mass is 10.2. The lowest BCUT2D eigenvalue weighted by molar-refractivity contribution is -0.119. The first kappa shape index (κ1) is 16.3. The molecular weight excluding hydrogens is 260 g/mol. The number of benzene rings is 1. The first-order valence-electron chi connectivity index (χ1n) is 6.54. The maximum absolute atomic E-state index is 10.9. The monoisotopic (exact) mass is 282 g/mol. The lowest BCUT2D eigenvalue weighted by Crippen LogP contribution is -2.22. The van der Waals surface area contributed by atoms with Crippen molar-refractivity contribution in [3.8, 4) is 11.5 Å². The summed E-state index contributed by atoms with van der Waals surface area (Å²) in [4.78, 5) is 10.9. The van der Waals surface area contributed by atoms with Crippen LogP contribution < -0.4 is 20.5 Å². The SMILES string of the molecule is CCOc1cccc(CNCCOC)c1OCC(N)=O. The van der Waals surface area contributed by atoms with Crippen LogP contribution in [0.1, 0.15) is 12.5 Å². The average Bonchev–Trinajstić information content (AvgIpc) is 2.43. The predicted molar refractivity (Wildman–Crippen MR) is 75.9 cm³/mol. The fourth-order valence-electron chi connectivity index (χ4n) is 1.67. The number of carbonyl (C=O) groups is 1. The van der Waals surface area contributed by atoms with Crippen molar-refractivity contribution in [1.29, 1.82) is 0 Å². The van der Waals surface area contributed by atoms with Crippen molar-refractivity contribution in [2.24, 2.45) is 5.73 Å². The van der Waals surface area contributed by atoms with Crippen LogP contribution in [0.3, 0.4) is 0 Å². The summed E-state index contributed by atoms with van der Waals surface area (Å²) in [6, 6.07) is 5.60. The number of rotatable bonds is 10. The number of nitrogens with one attached hydrogen (secondary N) is 1. The van der Waals surface area contributed by atoms with E-state index in [2.05, 4.69) is 5.32 Å². The molecule has 112 valence electrons. The first-order valence-corrected chi connectivity index (χ1v) is 6.54. The number of primary amides is 1. The molecule has 0 radical (unpaired) electrons. The molecule has 3 N–H and O–H groups in total. The maximum Gasteiger partial charge on any atom is 0.255 e. The van der Waals surface area contributed by atoms with Gasteiger partial charge < -0.3 is 25.3 Å². The van der Waals surface area contributed by atoms with Gasteiger partial charge in [0, 0.05) is 25.8 Å². The van der Waals surface area contributed by atoms with E-state index in [1.807, 2.05) is 19.1 Å². The molecule has 0 aromatic heterocycles. The summed E-state index contributed by atoms with van der Waals surface area (Å²) in [5, 5.41) is 3.22. The number of nitrogens with two attached hydrogens (primary N) is 1. The molecule has 0 bridgehead atoms. The third kappa shape index (κ3) is 5.46. The standard InChI is InChI=1S/C14H22N2O4/c1-3-19-12-6-4-5-11(9-16-7-8-18-2)14(12)20-10-13(15)17/h4-6,16H,3,7-10H2,1-2H3,(H2,15,17). The molecule has 0 atom stereocenters. The highest BCUT2D eigenvalue weighted by Gasteiger charge is 2.11. The molecule has 0 saturated heterocycles. The Morgan fingerprint density at radius 1 is 1.35 bits per heavy atom. The number of hydrogen-bond donors (Lipinski definition) is 2. The molecule has 0 aliphatic rings. The average molecular weight is 282 g/mol. The number of amides is 1. The van der Waals surface area contributed by atoms with Gasteiger partial charge in [-0.05, 0) is 13.0 Å². The zero-order chi connectivity index (χ0) is 14.8. The van der Waals surface area contributed by atoms with Gasteiger partial charge in [-0.2, -0.15) is 0 Å². The van der Waals surface area contributed by atoms with Crippen LogP contribution in [0.2, 0.25) is 0 Å². The van der Waals surface area contributed by atoms with E-state index in [-0.39, 0.29) is 6.61 Å². The minimum absolute atomic E-state index is 0.171. The van der Waals surface area contributed by atoms with E-state index in [0.29, 0.717) is 31.3 Å². The van der Waals surface area contributed by atoms with Gasteiger partial charge in [-0.15, -0.1) is 0 Å². The normalized spacial score (nSPS) is 10.3. The van der Waals surface area contributed by atoms with Gasteiger partial charge in [0.25, 0.3) is 5.91 Å².